The van der Waals surface area contributed by atoms with E-state index in [0.717, 1.165) is 0 Å². The van der Waals surface area contributed by atoms with E-state index in [1.165, 1.54) is 0 Å². The topological polar surface area (TPSA) is 83.4 Å². The first-order valence-electron chi connectivity index (χ1n) is 6.55. The van der Waals surface area contributed by atoms with E-state index in [-0.39, 0.29) is 16.5 Å². The lowest BCUT2D eigenvalue weighted by atomic mass is 9.76. The highest BCUT2D eigenvalue weighted by Gasteiger charge is 2.55. The van der Waals surface area contributed by atoms with Gasteiger partial charge >= 0.3 is 6.18 Å². The zero-order valence-corrected chi connectivity index (χ0v) is 12.2. The predicted octanol–water partition coefficient (Wildman–Crippen LogP) is 2.61. The Bertz CT molecular complexity index is 753. The summed E-state index contributed by atoms with van der Waals surface area (Å²) in [6, 6.07) is 8.21. The molecule has 23 heavy (non-hydrogen) atoms. The van der Waals surface area contributed by atoms with Gasteiger partial charge in [-0.15, -0.1) is 0 Å². The van der Waals surface area contributed by atoms with Crippen LogP contribution < -0.4 is 11.2 Å². The summed E-state index contributed by atoms with van der Waals surface area (Å²) >= 11 is 6.12. The van der Waals surface area contributed by atoms with Gasteiger partial charge < -0.3 is 10.5 Å². The van der Waals surface area contributed by atoms with Gasteiger partial charge in [0.15, 0.2) is 11.9 Å². The summed E-state index contributed by atoms with van der Waals surface area (Å²) in [6.45, 7) is 0. The number of halogens is 4. The van der Waals surface area contributed by atoms with E-state index in [2.05, 4.69) is 10.5 Å². The lowest BCUT2D eigenvalue weighted by Crippen LogP contribution is -2.45. The molecule has 1 aromatic carbocycles. The Morgan fingerprint density at radius 3 is 2.65 bits per heavy atom. The second-order valence-electron chi connectivity index (χ2n) is 5.08. The number of alkyl halides is 3. The van der Waals surface area contributed by atoms with Crippen LogP contribution in [0.2, 0.25) is 5.02 Å². The van der Waals surface area contributed by atoms with Crippen molar-refractivity contribution < 1.29 is 17.9 Å². The van der Waals surface area contributed by atoms with Crippen molar-refractivity contribution >= 4 is 17.3 Å². The molecule has 0 aromatic heterocycles. The summed E-state index contributed by atoms with van der Waals surface area (Å²) in [5.41, 5.74) is 7.21. The molecule has 0 radical (unpaired) electrons. The summed E-state index contributed by atoms with van der Waals surface area (Å²) in [4.78, 5) is 0. The first-order valence-corrected chi connectivity index (χ1v) is 6.93. The molecule has 2 heterocycles. The van der Waals surface area contributed by atoms with E-state index in [0.29, 0.717) is 5.56 Å². The van der Waals surface area contributed by atoms with E-state index in [1.54, 1.807) is 24.3 Å². The molecule has 1 aromatic rings. The summed E-state index contributed by atoms with van der Waals surface area (Å²) < 4.78 is 45.0. The molecule has 0 saturated heterocycles. The Balaban J connectivity index is 2.18. The van der Waals surface area contributed by atoms with Crippen LogP contribution in [0.3, 0.4) is 0 Å². The van der Waals surface area contributed by atoms with Crippen LogP contribution in [0.25, 0.3) is 0 Å². The van der Waals surface area contributed by atoms with Crippen molar-refractivity contribution in [2.24, 2.45) is 16.8 Å². The maximum Gasteiger partial charge on any atom is 0.431 e. The van der Waals surface area contributed by atoms with E-state index < -0.39 is 30.0 Å². The van der Waals surface area contributed by atoms with Crippen LogP contribution in [0.15, 0.2) is 40.8 Å². The highest BCUT2D eigenvalue weighted by Crippen LogP contribution is 2.46. The second kappa shape index (κ2) is 5.35. The van der Waals surface area contributed by atoms with Gasteiger partial charge in [0, 0.05) is 10.9 Å². The van der Waals surface area contributed by atoms with Crippen molar-refractivity contribution in [1.29, 1.82) is 5.26 Å². The molecule has 0 bridgehead atoms. The van der Waals surface area contributed by atoms with E-state index in [9.17, 15) is 18.4 Å². The van der Waals surface area contributed by atoms with Gasteiger partial charge in [0.25, 0.3) is 0 Å². The van der Waals surface area contributed by atoms with Crippen LogP contribution >= 0.6 is 11.6 Å². The zero-order valence-electron chi connectivity index (χ0n) is 11.4. The number of hydrazone groups is 1. The number of nitrogens with zero attached hydrogens (tertiary/aromatic N) is 2. The summed E-state index contributed by atoms with van der Waals surface area (Å²) in [6.07, 6.45) is -5.77. The Labute approximate surface area is 134 Å². The minimum Gasteiger partial charge on any atom is -0.453 e. The fourth-order valence-corrected chi connectivity index (χ4v) is 3.10. The largest absolute Gasteiger partial charge is 0.453 e. The van der Waals surface area contributed by atoms with Gasteiger partial charge in [-0.1, -0.05) is 29.8 Å². The van der Waals surface area contributed by atoms with Gasteiger partial charge in [0.2, 0.25) is 5.88 Å². The Morgan fingerprint density at radius 1 is 1.35 bits per heavy atom. The van der Waals surface area contributed by atoms with Crippen molar-refractivity contribution in [3.8, 4) is 6.07 Å². The van der Waals surface area contributed by atoms with Crippen LogP contribution in [-0.4, -0.2) is 18.1 Å². The minimum absolute atomic E-state index is 0.0972. The van der Waals surface area contributed by atoms with Crippen LogP contribution in [0.1, 0.15) is 11.5 Å². The lowest BCUT2D eigenvalue weighted by Gasteiger charge is -2.34. The number of ether oxygens (including phenoxy) is 1. The third-order valence-electron chi connectivity index (χ3n) is 3.79. The third kappa shape index (κ3) is 2.47. The summed E-state index contributed by atoms with van der Waals surface area (Å²) in [5, 5.41) is 12.9. The van der Waals surface area contributed by atoms with Crippen LogP contribution in [0.5, 0.6) is 0 Å². The first-order chi connectivity index (χ1) is 10.8. The molecule has 0 saturated carbocycles. The molecule has 0 aliphatic carbocycles. The number of fused-ring (bicyclic) bond motifs is 1. The zero-order chi connectivity index (χ0) is 16.8. The van der Waals surface area contributed by atoms with Crippen LogP contribution in [-0.2, 0) is 4.74 Å². The molecule has 3 atom stereocenters. The minimum atomic E-state index is -4.66. The lowest BCUT2D eigenvalue weighted by molar-refractivity contribution is -0.0661. The maximum atomic E-state index is 13.3. The molecular formula is C14H10ClF3N4O. The molecule has 5 nitrogen and oxygen atoms in total. The number of hydrogen-bond acceptors (Lipinski definition) is 5. The number of allylic oxidation sites excluding steroid dienone is 1. The van der Waals surface area contributed by atoms with Crippen molar-refractivity contribution in [2.45, 2.75) is 18.3 Å². The van der Waals surface area contributed by atoms with Gasteiger partial charge in [0.05, 0.1) is 11.5 Å². The number of nitrogens with two attached hydrogens (primary N) is 1. The predicted molar refractivity (Wildman–Crippen MR) is 76.0 cm³/mol. The van der Waals surface area contributed by atoms with E-state index in [4.69, 9.17) is 22.1 Å². The number of rotatable bonds is 1. The number of nitriles is 1. The fraction of sp³-hybridized carbons (Fsp3) is 0.286. The first kappa shape index (κ1) is 15.5. The number of hydrogen-bond donors (Lipinski definition) is 2. The van der Waals surface area contributed by atoms with Gasteiger partial charge in [-0.05, 0) is 11.6 Å². The van der Waals surface area contributed by atoms with Gasteiger partial charge in [-0.25, -0.2) is 0 Å². The smallest absolute Gasteiger partial charge is 0.431 e. The van der Waals surface area contributed by atoms with Gasteiger partial charge in [-0.2, -0.15) is 23.5 Å². The molecule has 0 spiro atoms. The molecule has 0 fully saturated rings. The third-order valence-corrected chi connectivity index (χ3v) is 4.14. The monoisotopic (exact) mass is 342 g/mol. The van der Waals surface area contributed by atoms with Crippen molar-refractivity contribution in [3.63, 3.8) is 0 Å². The molecular weight excluding hydrogens is 333 g/mol. The van der Waals surface area contributed by atoms with Crippen molar-refractivity contribution in [1.82, 2.24) is 5.43 Å². The SMILES string of the molecule is N#CC1=C(N)OC2NN=C(C(F)(F)F)C2C1c1ccccc1Cl. The van der Waals surface area contributed by atoms with Crippen LogP contribution in [0.4, 0.5) is 13.2 Å². The average Bonchev–Trinajstić information content (AvgIpc) is 2.90. The summed E-state index contributed by atoms with van der Waals surface area (Å²) in [5.74, 6) is -2.48. The standard InChI is InChI=1S/C14H10ClF3N4O/c15-8-4-2-1-3-6(8)9-7(5-19)12(20)23-13-10(9)11(21-22-13)14(16,17)18/h1-4,9-10,13,22H,20H2. The highest BCUT2D eigenvalue weighted by atomic mass is 35.5. The van der Waals surface area contributed by atoms with Gasteiger partial charge in [0.1, 0.15) is 6.07 Å². The van der Waals surface area contributed by atoms with Crippen molar-refractivity contribution in [2.75, 3.05) is 0 Å². The molecule has 3 rings (SSSR count). The summed E-state index contributed by atoms with van der Waals surface area (Å²) in [7, 11) is 0. The maximum absolute atomic E-state index is 13.3. The Hall–Kier alpha value is -2.40. The van der Waals surface area contributed by atoms with Crippen LogP contribution in [0, 0.1) is 17.2 Å². The molecule has 0 amide bonds. The molecule has 2 aliphatic heterocycles. The quantitative estimate of drug-likeness (QED) is 0.821. The Morgan fingerprint density at radius 2 is 2.04 bits per heavy atom. The second-order valence-corrected chi connectivity index (χ2v) is 5.48. The van der Waals surface area contributed by atoms with Crippen molar-refractivity contribution in [3.05, 3.63) is 46.3 Å². The highest BCUT2D eigenvalue weighted by molar-refractivity contribution is 6.31. The molecule has 2 aliphatic rings. The number of benzene rings is 1. The molecule has 9 heteroatoms. The molecule has 3 N–H and O–H groups in total. The normalized spacial score (nSPS) is 26.7. The number of nitrogens with one attached hydrogen (secondary N) is 1. The Kier molecular flexibility index (Phi) is 3.60. The molecule has 3 unspecified atom stereocenters. The average molecular weight is 343 g/mol. The fourth-order valence-electron chi connectivity index (χ4n) is 2.85. The van der Waals surface area contributed by atoms with E-state index >= 15 is 0 Å². The molecule has 120 valence electrons. The van der Waals surface area contributed by atoms with E-state index in [1.807, 2.05) is 6.07 Å². The van der Waals surface area contributed by atoms with Gasteiger partial charge in [-0.3, -0.25) is 5.43 Å².